The van der Waals surface area contributed by atoms with Gasteiger partial charge in [0.25, 0.3) is 0 Å². The van der Waals surface area contributed by atoms with Crippen LogP contribution in [-0.2, 0) is 16.1 Å². The lowest BCUT2D eigenvalue weighted by Crippen LogP contribution is -2.50. The zero-order valence-electron chi connectivity index (χ0n) is 16.0. The third kappa shape index (κ3) is 4.23. The van der Waals surface area contributed by atoms with Gasteiger partial charge in [-0.25, -0.2) is 4.79 Å². The van der Waals surface area contributed by atoms with Crippen LogP contribution in [0.15, 0.2) is 48.5 Å². The molecule has 0 radical (unpaired) electrons. The van der Waals surface area contributed by atoms with Crippen molar-refractivity contribution in [1.29, 1.82) is 5.26 Å². The molecule has 1 fully saturated rings. The van der Waals surface area contributed by atoms with Gasteiger partial charge in [-0.2, -0.15) is 5.26 Å². The number of piperidine rings is 1. The number of nitrogens with one attached hydrogen (secondary N) is 1. The van der Waals surface area contributed by atoms with Crippen LogP contribution in [0.1, 0.15) is 24.0 Å². The molecule has 29 heavy (non-hydrogen) atoms. The van der Waals surface area contributed by atoms with Gasteiger partial charge in [0.15, 0.2) is 0 Å². The summed E-state index contributed by atoms with van der Waals surface area (Å²) in [7, 11) is 0. The molecule has 0 atom stereocenters. The molecule has 0 spiro atoms. The molecule has 0 unspecified atom stereocenters. The van der Waals surface area contributed by atoms with Gasteiger partial charge in [-0.3, -0.25) is 14.6 Å². The third-order valence-electron chi connectivity index (χ3n) is 5.39. The van der Waals surface area contributed by atoms with E-state index in [-0.39, 0.29) is 18.0 Å². The van der Waals surface area contributed by atoms with Crippen molar-refractivity contribution in [3.8, 4) is 6.07 Å². The maximum atomic E-state index is 12.4. The summed E-state index contributed by atoms with van der Waals surface area (Å²) in [6, 6.07) is 16.8. The molecule has 2 amide bonds. The lowest BCUT2D eigenvalue weighted by Gasteiger charge is -2.40. The van der Waals surface area contributed by atoms with E-state index in [0.29, 0.717) is 24.4 Å². The van der Waals surface area contributed by atoms with E-state index in [1.54, 1.807) is 29.2 Å². The number of para-hydroxylation sites is 1. The van der Waals surface area contributed by atoms with Crippen molar-refractivity contribution >= 4 is 23.4 Å². The Labute approximate surface area is 169 Å². The number of benzene rings is 2. The number of anilines is 2. The van der Waals surface area contributed by atoms with Crippen molar-refractivity contribution in [2.75, 3.05) is 29.9 Å². The third-order valence-corrected chi connectivity index (χ3v) is 5.39. The molecular weight excluding hydrogens is 368 g/mol. The molecule has 0 bridgehead atoms. The molecule has 0 saturated carbocycles. The van der Waals surface area contributed by atoms with E-state index in [2.05, 4.69) is 16.3 Å². The fourth-order valence-electron chi connectivity index (χ4n) is 3.89. The van der Waals surface area contributed by atoms with Crippen molar-refractivity contribution in [1.82, 2.24) is 4.90 Å². The lowest BCUT2D eigenvalue weighted by atomic mass is 10.0. The average Bonchev–Trinajstić information content (AvgIpc) is 2.75. The van der Waals surface area contributed by atoms with Crippen LogP contribution >= 0.6 is 0 Å². The number of carbonyl (C=O) groups is 2. The lowest BCUT2D eigenvalue weighted by molar-refractivity contribution is -0.117. The number of nitrogens with zero attached hydrogens (tertiary/aromatic N) is 3. The fraction of sp³-hybridized carbons (Fsp3) is 0.318. The van der Waals surface area contributed by atoms with E-state index < -0.39 is 0 Å². The first kappa shape index (κ1) is 19.0. The Kier molecular flexibility index (Phi) is 5.45. The number of ether oxygens (including phenoxy) is 1. The summed E-state index contributed by atoms with van der Waals surface area (Å²) in [5.41, 5.74) is 3.19. The summed E-state index contributed by atoms with van der Waals surface area (Å²) in [5, 5.41) is 11.7. The van der Waals surface area contributed by atoms with Gasteiger partial charge in [0.05, 0.1) is 23.9 Å². The van der Waals surface area contributed by atoms with E-state index in [9.17, 15) is 9.59 Å². The van der Waals surface area contributed by atoms with Gasteiger partial charge < -0.3 is 10.1 Å². The van der Waals surface area contributed by atoms with Crippen LogP contribution in [0.25, 0.3) is 0 Å². The Balaban J connectivity index is 1.32. The number of rotatable bonds is 4. The standard InChI is InChI=1S/C22H22N4O3/c23-13-16-5-7-18(8-6-16)24-21(27)14-25-11-9-19(10-12-25)26-20-4-2-1-3-17(20)15-29-22(26)28/h1-8,19H,9-12,14-15H2,(H,24,27). The largest absolute Gasteiger partial charge is 0.444 e. The molecule has 4 rings (SSSR count). The summed E-state index contributed by atoms with van der Waals surface area (Å²) in [4.78, 5) is 28.6. The molecule has 2 aliphatic heterocycles. The molecule has 7 nitrogen and oxygen atoms in total. The Morgan fingerprint density at radius 1 is 1.14 bits per heavy atom. The Hall–Kier alpha value is -3.37. The van der Waals surface area contributed by atoms with Crippen molar-refractivity contribution in [3.05, 3.63) is 59.7 Å². The van der Waals surface area contributed by atoms with Crippen molar-refractivity contribution in [2.24, 2.45) is 0 Å². The quantitative estimate of drug-likeness (QED) is 0.867. The summed E-state index contributed by atoms with van der Waals surface area (Å²) < 4.78 is 5.33. The molecule has 0 aliphatic carbocycles. The molecule has 2 aromatic carbocycles. The van der Waals surface area contributed by atoms with Gasteiger partial charge in [0, 0.05) is 30.4 Å². The monoisotopic (exact) mass is 390 g/mol. The SMILES string of the molecule is N#Cc1ccc(NC(=O)CN2CCC(N3C(=O)OCc4ccccc43)CC2)cc1. The normalized spacial score (nSPS) is 17.2. The molecule has 2 heterocycles. The zero-order valence-corrected chi connectivity index (χ0v) is 16.0. The number of nitriles is 1. The second kappa shape index (κ2) is 8.33. The minimum atomic E-state index is -0.291. The summed E-state index contributed by atoms with van der Waals surface area (Å²) in [6.45, 7) is 2.09. The second-order valence-corrected chi connectivity index (χ2v) is 7.30. The van der Waals surface area contributed by atoms with Crippen LogP contribution in [0, 0.1) is 11.3 Å². The van der Waals surface area contributed by atoms with Crippen LogP contribution in [0.2, 0.25) is 0 Å². The number of hydrogen-bond acceptors (Lipinski definition) is 5. The fourth-order valence-corrected chi connectivity index (χ4v) is 3.89. The number of hydrogen-bond donors (Lipinski definition) is 1. The second-order valence-electron chi connectivity index (χ2n) is 7.30. The Morgan fingerprint density at radius 3 is 2.59 bits per heavy atom. The maximum Gasteiger partial charge on any atom is 0.414 e. The maximum absolute atomic E-state index is 12.4. The van der Waals surface area contributed by atoms with E-state index in [4.69, 9.17) is 10.00 Å². The first-order chi connectivity index (χ1) is 14.1. The smallest absolute Gasteiger partial charge is 0.414 e. The first-order valence-electron chi connectivity index (χ1n) is 9.70. The summed E-state index contributed by atoms with van der Waals surface area (Å²) >= 11 is 0. The van der Waals surface area contributed by atoms with E-state index in [0.717, 1.165) is 37.2 Å². The van der Waals surface area contributed by atoms with Gasteiger partial charge in [-0.1, -0.05) is 18.2 Å². The van der Waals surface area contributed by atoms with E-state index in [1.165, 1.54) is 0 Å². The highest BCUT2D eigenvalue weighted by Gasteiger charge is 2.34. The van der Waals surface area contributed by atoms with Crippen LogP contribution in [0.4, 0.5) is 16.2 Å². The molecule has 7 heteroatoms. The van der Waals surface area contributed by atoms with Crippen LogP contribution in [-0.4, -0.2) is 42.6 Å². The highest BCUT2D eigenvalue weighted by Crippen LogP contribution is 2.31. The predicted octanol–water partition coefficient (Wildman–Crippen LogP) is 3.12. The van der Waals surface area contributed by atoms with Crippen LogP contribution in [0.3, 0.4) is 0 Å². The van der Waals surface area contributed by atoms with E-state index >= 15 is 0 Å². The van der Waals surface area contributed by atoms with Gasteiger partial charge in [0.1, 0.15) is 6.61 Å². The van der Waals surface area contributed by atoms with Crippen molar-refractivity contribution in [2.45, 2.75) is 25.5 Å². The minimum Gasteiger partial charge on any atom is -0.444 e. The van der Waals surface area contributed by atoms with Gasteiger partial charge in [-0.15, -0.1) is 0 Å². The summed E-state index contributed by atoms with van der Waals surface area (Å²) in [5.74, 6) is -0.0871. The molecule has 1 N–H and O–H groups in total. The minimum absolute atomic E-state index is 0.0711. The molecule has 2 aliphatic rings. The topological polar surface area (TPSA) is 85.7 Å². The number of amides is 2. The summed E-state index contributed by atoms with van der Waals surface area (Å²) in [6.07, 6.45) is 1.28. The molecule has 0 aromatic heterocycles. The van der Waals surface area contributed by atoms with E-state index in [1.807, 2.05) is 24.3 Å². The van der Waals surface area contributed by atoms with Crippen LogP contribution < -0.4 is 10.2 Å². The number of carbonyl (C=O) groups excluding carboxylic acids is 2. The Bertz CT molecular complexity index is 943. The first-order valence-corrected chi connectivity index (χ1v) is 9.70. The van der Waals surface area contributed by atoms with Gasteiger partial charge >= 0.3 is 6.09 Å². The molecule has 148 valence electrons. The van der Waals surface area contributed by atoms with Crippen LogP contribution in [0.5, 0.6) is 0 Å². The van der Waals surface area contributed by atoms with Gasteiger partial charge in [-0.05, 0) is 43.2 Å². The predicted molar refractivity (Wildman–Crippen MR) is 108 cm³/mol. The molecular formula is C22H22N4O3. The molecule has 1 saturated heterocycles. The van der Waals surface area contributed by atoms with Crippen molar-refractivity contribution in [3.63, 3.8) is 0 Å². The number of fused-ring (bicyclic) bond motifs is 1. The number of cyclic esters (lactones) is 1. The average molecular weight is 390 g/mol. The Morgan fingerprint density at radius 2 is 1.86 bits per heavy atom. The van der Waals surface area contributed by atoms with Gasteiger partial charge in [0.2, 0.25) is 5.91 Å². The number of likely N-dealkylation sites (tertiary alicyclic amines) is 1. The highest BCUT2D eigenvalue weighted by molar-refractivity contribution is 5.92. The van der Waals surface area contributed by atoms with Crippen molar-refractivity contribution < 1.29 is 14.3 Å². The highest BCUT2D eigenvalue weighted by atomic mass is 16.6. The molecule has 2 aromatic rings. The zero-order chi connectivity index (χ0) is 20.2.